The molecule has 8 nitrogen and oxygen atoms in total. The van der Waals surface area contributed by atoms with E-state index in [1.54, 1.807) is 24.3 Å². The highest BCUT2D eigenvalue weighted by Gasteiger charge is 2.12. The van der Waals surface area contributed by atoms with Crippen LogP contribution in [0.5, 0.6) is 0 Å². The van der Waals surface area contributed by atoms with Crippen molar-refractivity contribution in [1.29, 1.82) is 0 Å². The predicted molar refractivity (Wildman–Crippen MR) is 93.7 cm³/mol. The molecule has 0 aliphatic carbocycles. The van der Waals surface area contributed by atoms with Crippen molar-refractivity contribution in [2.75, 3.05) is 6.54 Å². The molecule has 9 heteroatoms. The highest BCUT2D eigenvalue weighted by atomic mass is 35.5. The van der Waals surface area contributed by atoms with Crippen molar-refractivity contribution >= 4 is 34.5 Å². The number of aryl methyl sites for hydroxylation is 1. The molecule has 2 N–H and O–H groups in total. The maximum atomic E-state index is 11.9. The number of fused-ring (bicyclic) bond motifs is 1. The number of hydrogen-bond donors (Lipinski definition) is 2. The lowest BCUT2D eigenvalue weighted by Gasteiger charge is -2.06. The van der Waals surface area contributed by atoms with E-state index in [0.717, 1.165) is 0 Å². The van der Waals surface area contributed by atoms with Crippen molar-refractivity contribution in [1.82, 2.24) is 15.2 Å². The zero-order valence-corrected chi connectivity index (χ0v) is 14.4. The number of nitrogens with one attached hydrogen (secondary N) is 2. The Bertz CT molecular complexity index is 974. The molecule has 0 spiro atoms. The number of amides is 2. The molecule has 0 radical (unpaired) electrons. The molecule has 136 valence electrons. The number of oxazole rings is 1. The molecule has 3 aromatic rings. The number of benzene rings is 1. The van der Waals surface area contributed by atoms with Gasteiger partial charge in [-0.2, -0.15) is 0 Å². The molecule has 1 aromatic carbocycles. The third kappa shape index (κ3) is 4.34. The van der Waals surface area contributed by atoms with Crippen molar-refractivity contribution in [3.05, 3.63) is 57.9 Å². The summed E-state index contributed by atoms with van der Waals surface area (Å²) in [6.45, 7) is 0.226. The van der Waals surface area contributed by atoms with Gasteiger partial charge in [-0.05, 0) is 24.3 Å². The van der Waals surface area contributed by atoms with Crippen molar-refractivity contribution in [2.24, 2.45) is 0 Å². The standard InChI is InChI=1S/C17H16ClN3O5/c18-11-3-4-13-14(8-11)26-17(24)21(13)6-5-15(22)20-10-16(23)19-9-12-2-1-7-25-12/h1-4,7-8H,5-6,9-10H2,(H,19,23)(H,20,22). The topological polar surface area (TPSA) is 106 Å². The molecule has 2 aromatic heterocycles. The first kappa shape index (κ1) is 17.8. The number of rotatable bonds is 7. The van der Waals surface area contributed by atoms with E-state index in [0.29, 0.717) is 21.9 Å². The summed E-state index contributed by atoms with van der Waals surface area (Å²) in [5.41, 5.74) is 0.920. The predicted octanol–water partition coefficient (Wildman–Crippen LogP) is 1.66. The molecule has 0 atom stereocenters. The number of nitrogens with zero attached hydrogens (tertiary/aromatic N) is 1. The molecule has 0 saturated carbocycles. The van der Waals surface area contributed by atoms with E-state index in [2.05, 4.69) is 10.6 Å². The van der Waals surface area contributed by atoms with E-state index >= 15 is 0 Å². The Morgan fingerprint density at radius 3 is 2.77 bits per heavy atom. The molecule has 0 saturated heterocycles. The fourth-order valence-corrected chi connectivity index (χ4v) is 2.56. The maximum Gasteiger partial charge on any atom is 0.419 e. The van der Waals surface area contributed by atoms with Crippen LogP contribution in [0.4, 0.5) is 0 Å². The third-order valence-corrected chi connectivity index (χ3v) is 3.91. The molecule has 0 aliphatic rings. The summed E-state index contributed by atoms with van der Waals surface area (Å²) in [6.07, 6.45) is 1.54. The van der Waals surface area contributed by atoms with Crippen LogP contribution in [0.1, 0.15) is 12.2 Å². The first-order valence-corrected chi connectivity index (χ1v) is 8.25. The van der Waals surface area contributed by atoms with Crippen LogP contribution in [0.2, 0.25) is 5.02 Å². The Morgan fingerprint density at radius 1 is 1.15 bits per heavy atom. The quantitative estimate of drug-likeness (QED) is 0.651. The summed E-state index contributed by atoms with van der Waals surface area (Å²) in [4.78, 5) is 35.5. The average molecular weight is 378 g/mol. The summed E-state index contributed by atoms with van der Waals surface area (Å²) >= 11 is 5.86. The van der Waals surface area contributed by atoms with Gasteiger partial charge in [-0.1, -0.05) is 11.6 Å². The van der Waals surface area contributed by atoms with Gasteiger partial charge in [0.25, 0.3) is 0 Å². The van der Waals surface area contributed by atoms with E-state index in [9.17, 15) is 14.4 Å². The Morgan fingerprint density at radius 2 is 2.00 bits per heavy atom. The van der Waals surface area contributed by atoms with Crippen LogP contribution in [0.3, 0.4) is 0 Å². The van der Waals surface area contributed by atoms with Gasteiger partial charge in [0, 0.05) is 24.1 Å². The molecule has 2 amide bonds. The minimum atomic E-state index is -0.564. The lowest BCUT2D eigenvalue weighted by Crippen LogP contribution is -2.37. The van der Waals surface area contributed by atoms with Crippen molar-refractivity contribution < 1.29 is 18.4 Å². The number of carbonyl (C=O) groups is 2. The first-order chi connectivity index (χ1) is 12.5. The zero-order valence-electron chi connectivity index (χ0n) is 13.7. The highest BCUT2D eigenvalue weighted by molar-refractivity contribution is 6.31. The lowest BCUT2D eigenvalue weighted by molar-refractivity contribution is -0.126. The lowest BCUT2D eigenvalue weighted by atomic mass is 10.3. The van der Waals surface area contributed by atoms with Gasteiger partial charge in [0.2, 0.25) is 11.8 Å². The Kier molecular flexibility index (Phi) is 5.43. The minimum Gasteiger partial charge on any atom is -0.467 e. The van der Waals surface area contributed by atoms with E-state index in [1.807, 2.05) is 0 Å². The number of aromatic nitrogens is 1. The van der Waals surface area contributed by atoms with Gasteiger partial charge >= 0.3 is 5.76 Å². The molecule has 26 heavy (non-hydrogen) atoms. The SMILES string of the molecule is O=C(CCn1c(=O)oc2cc(Cl)ccc21)NCC(=O)NCc1ccco1. The van der Waals surface area contributed by atoms with Gasteiger partial charge < -0.3 is 19.5 Å². The summed E-state index contributed by atoms with van der Waals surface area (Å²) in [5.74, 6) is -0.633. The molecular formula is C17H16ClN3O5. The number of hydrogen-bond acceptors (Lipinski definition) is 5. The van der Waals surface area contributed by atoms with Gasteiger partial charge in [0.05, 0.1) is 24.9 Å². The van der Waals surface area contributed by atoms with Crippen LogP contribution >= 0.6 is 11.6 Å². The Labute approximate surface area is 152 Å². The Hall–Kier alpha value is -3.00. The molecular weight excluding hydrogens is 362 g/mol. The van der Waals surface area contributed by atoms with E-state index in [-0.39, 0.29) is 37.9 Å². The molecule has 0 bridgehead atoms. The van der Waals surface area contributed by atoms with Crippen LogP contribution in [-0.2, 0) is 22.7 Å². The van der Waals surface area contributed by atoms with Gasteiger partial charge in [-0.15, -0.1) is 0 Å². The van der Waals surface area contributed by atoms with Crippen LogP contribution in [-0.4, -0.2) is 22.9 Å². The fraction of sp³-hybridized carbons (Fsp3) is 0.235. The summed E-state index contributed by atoms with van der Waals surface area (Å²) < 4.78 is 11.5. The second-order valence-electron chi connectivity index (χ2n) is 5.51. The second kappa shape index (κ2) is 7.92. The van der Waals surface area contributed by atoms with Crippen molar-refractivity contribution in [2.45, 2.75) is 19.5 Å². The maximum absolute atomic E-state index is 11.9. The zero-order chi connectivity index (χ0) is 18.5. The summed E-state index contributed by atoms with van der Waals surface area (Å²) in [6, 6.07) is 8.29. The number of carbonyl (C=O) groups excluding carboxylic acids is 2. The van der Waals surface area contributed by atoms with Crippen LogP contribution in [0.15, 0.2) is 50.2 Å². The number of furan rings is 1. The average Bonchev–Trinajstić information content (AvgIpc) is 3.23. The van der Waals surface area contributed by atoms with Crippen molar-refractivity contribution in [3.8, 4) is 0 Å². The van der Waals surface area contributed by atoms with Gasteiger partial charge in [-0.25, -0.2) is 4.79 Å². The van der Waals surface area contributed by atoms with Crippen LogP contribution in [0.25, 0.3) is 11.1 Å². The second-order valence-corrected chi connectivity index (χ2v) is 5.95. The van der Waals surface area contributed by atoms with E-state index in [1.165, 1.54) is 16.9 Å². The van der Waals surface area contributed by atoms with Crippen LogP contribution < -0.4 is 16.4 Å². The Balaban J connectivity index is 1.47. The molecule has 2 heterocycles. The van der Waals surface area contributed by atoms with E-state index in [4.69, 9.17) is 20.4 Å². The monoisotopic (exact) mass is 377 g/mol. The molecule has 0 fully saturated rings. The largest absolute Gasteiger partial charge is 0.467 e. The van der Waals surface area contributed by atoms with Gasteiger partial charge in [0.1, 0.15) is 5.76 Å². The van der Waals surface area contributed by atoms with Crippen LogP contribution in [0, 0.1) is 0 Å². The molecule has 0 aliphatic heterocycles. The molecule has 0 unspecified atom stereocenters. The smallest absolute Gasteiger partial charge is 0.419 e. The minimum absolute atomic E-state index is 0.0304. The fourth-order valence-electron chi connectivity index (χ4n) is 2.39. The van der Waals surface area contributed by atoms with E-state index < -0.39 is 5.76 Å². The van der Waals surface area contributed by atoms with Gasteiger partial charge in [-0.3, -0.25) is 14.2 Å². The number of halogens is 1. The summed E-state index contributed by atoms with van der Waals surface area (Å²) in [7, 11) is 0. The first-order valence-electron chi connectivity index (χ1n) is 7.87. The van der Waals surface area contributed by atoms with Gasteiger partial charge in [0.15, 0.2) is 5.58 Å². The third-order valence-electron chi connectivity index (χ3n) is 3.68. The molecule has 3 rings (SSSR count). The van der Waals surface area contributed by atoms with Crippen molar-refractivity contribution in [3.63, 3.8) is 0 Å². The normalized spacial score (nSPS) is 10.8. The summed E-state index contributed by atoms with van der Waals surface area (Å²) in [5, 5.41) is 5.58. The highest BCUT2D eigenvalue weighted by Crippen LogP contribution is 2.18.